The van der Waals surface area contributed by atoms with E-state index in [4.69, 9.17) is 0 Å². The van der Waals surface area contributed by atoms with E-state index in [9.17, 15) is 10.2 Å². The Labute approximate surface area is 155 Å². The third kappa shape index (κ3) is 4.45. The quantitative estimate of drug-likeness (QED) is 0.572. The average Bonchev–Trinajstić information content (AvgIpc) is 3.33. The van der Waals surface area contributed by atoms with Crippen LogP contribution in [-0.2, 0) is 0 Å². The van der Waals surface area contributed by atoms with E-state index in [0.29, 0.717) is 0 Å². The van der Waals surface area contributed by atoms with Crippen molar-refractivity contribution in [2.45, 2.75) is 39.0 Å². The second-order valence-electron chi connectivity index (χ2n) is 6.90. The minimum Gasteiger partial charge on any atom is -0.508 e. The topological polar surface area (TPSA) is 40.5 Å². The minimum absolute atomic E-state index is 0.264. The Kier molecular flexibility index (Phi) is 5.62. The van der Waals surface area contributed by atoms with Gasteiger partial charge >= 0.3 is 0 Å². The molecule has 26 heavy (non-hydrogen) atoms. The molecule has 0 spiro atoms. The second-order valence-corrected chi connectivity index (χ2v) is 6.90. The predicted octanol–water partition coefficient (Wildman–Crippen LogP) is 6.37. The molecule has 0 unspecified atom stereocenters. The smallest absolute Gasteiger partial charge is 0.115 e. The van der Waals surface area contributed by atoms with Gasteiger partial charge in [-0.15, -0.1) is 0 Å². The van der Waals surface area contributed by atoms with Crippen LogP contribution in [0, 0.1) is 0 Å². The highest BCUT2D eigenvalue weighted by atomic mass is 16.3. The molecule has 0 radical (unpaired) electrons. The molecule has 2 aromatic rings. The maximum absolute atomic E-state index is 9.67. The fourth-order valence-electron chi connectivity index (χ4n) is 3.18. The largest absolute Gasteiger partial charge is 0.508 e. The molecule has 2 N–H and O–H groups in total. The van der Waals surface area contributed by atoms with E-state index < -0.39 is 0 Å². The molecule has 0 heterocycles. The van der Waals surface area contributed by atoms with Gasteiger partial charge in [0.2, 0.25) is 0 Å². The molecule has 0 amide bonds. The lowest BCUT2D eigenvalue weighted by molar-refractivity contribution is 0.475. The second kappa shape index (κ2) is 8.09. The number of hydrogen-bond acceptors (Lipinski definition) is 2. The van der Waals surface area contributed by atoms with Crippen molar-refractivity contribution in [3.63, 3.8) is 0 Å². The number of unbranched alkanes of at least 4 members (excludes halogenated alkanes) is 2. The van der Waals surface area contributed by atoms with E-state index >= 15 is 0 Å². The number of phenolic OH excluding ortho intramolecular Hbond substituents is 2. The molecule has 2 nitrogen and oxygen atoms in total. The molecule has 1 saturated carbocycles. The Hall–Kier alpha value is -2.74. The predicted molar refractivity (Wildman–Crippen MR) is 108 cm³/mol. The molecule has 134 valence electrons. The molecule has 0 atom stereocenters. The summed E-state index contributed by atoms with van der Waals surface area (Å²) >= 11 is 0. The summed E-state index contributed by atoms with van der Waals surface area (Å²) in [6, 6.07) is 14.7. The summed E-state index contributed by atoms with van der Waals surface area (Å²) in [6.45, 7) is 6.28. The van der Waals surface area contributed by atoms with Gasteiger partial charge in [-0.25, -0.2) is 0 Å². The zero-order valence-corrected chi connectivity index (χ0v) is 15.3. The fourth-order valence-corrected chi connectivity index (χ4v) is 3.18. The van der Waals surface area contributed by atoms with Crippen LogP contribution in [0.5, 0.6) is 11.5 Å². The Balaban J connectivity index is 2.12. The maximum atomic E-state index is 9.67. The third-order valence-electron chi connectivity index (χ3n) is 4.76. The molecule has 2 aromatic carbocycles. The third-order valence-corrected chi connectivity index (χ3v) is 4.76. The molecule has 0 aromatic heterocycles. The SMILES string of the molecule is C=C1C/C1=C\C(CCCCC)=C(c1ccc(O)cc1)c1ccc(O)cc1. The Morgan fingerprint density at radius 1 is 0.923 bits per heavy atom. The Morgan fingerprint density at radius 2 is 1.42 bits per heavy atom. The lowest BCUT2D eigenvalue weighted by atomic mass is 9.90. The highest BCUT2D eigenvalue weighted by molar-refractivity contribution is 5.84. The van der Waals surface area contributed by atoms with Gasteiger partial charge in [0.05, 0.1) is 0 Å². The average molecular weight is 346 g/mol. The van der Waals surface area contributed by atoms with Crippen LogP contribution in [0.15, 0.2) is 77.9 Å². The van der Waals surface area contributed by atoms with Gasteiger partial charge in [0.25, 0.3) is 0 Å². The van der Waals surface area contributed by atoms with Crippen molar-refractivity contribution in [3.05, 3.63) is 89.0 Å². The van der Waals surface area contributed by atoms with Crippen molar-refractivity contribution in [2.75, 3.05) is 0 Å². The van der Waals surface area contributed by atoms with Crippen molar-refractivity contribution in [3.8, 4) is 11.5 Å². The molecular formula is C24H26O2. The molecule has 0 saturated heterocycles. The van der Waals surface area contributed by atoms with Gasteiger partial charge in [0.15, 0.2) is 0 Å². The first-order valence-corrected chi connectivity index (χ1v) is 9.29. The van der Waals surface area contributed by atoms with E-state index in [1.807, 2.05) is 24.3 Å². The lowest BCUT2D eigenvalue weighted by Gasteiger charge is -2.15. The summed E-state index contributed by atoms with van der Waals surface area (Å²) in [5, 5.41) is 19.3. The first-order chi connectivity index (χ1) is 12.6. The van der Waals surface area contributed by atoms with Crippen LogP contribution in [0.25, 0.3) is 5.57 Å². The van der Waals surface area contributed by atoms with Gasteiger partial charge in [-0.2, -0.15) is 0 Å². The van der Waals surface area contributed by atoms with Crippen LogP contribution in [0.1, 0.15) is 50.2 Å². The van der Waals surface area contributed by atoms with Gasteiger partial charge in [0, 0.05) is 0 Å². The first-order valence-electron chi connectivity index (χ1n) is 9.29. The summed E-state index contributed by atoms with van der Waals surface area (Å²) in [6.07, 6.45) is 7.81. The van der Waals surface area contributed by atoms with Crippen LogP contribution < -0.4 is 0 Å². The van der Waals surface area contributed by atoms with Crippen molar-refractivity contribution >= 4 is 5.57 Å². The zero-order chi connectivity index (χ0) is 18.5. The molecule has 2 heteroatoms. The standard InChI is InChI=1S/C24H26O2/c1-3-4-5-6-20(16-21-15-17(21)2)24(18-7-11-22(25)12-8-18)19-9-13-23(26)14-10-19/h7-14,16,25-26H,2-6,15H2,1H3/b21-16+. The molecule has 0 bridgehead atoms. The molecule has 3 rings (SSSR count). The van der Waals surface area contributed by atoms with E-state index in [1.54, 1.807) is 24.3 Å². The highest BCUT2D eigenvalue weighted by Crippen LogP contribution is 2.39. The molecule has 1 aliphatic carbocycles. The van der Waals surface area contributed by atoms with Gasteiger partial charge < -0.3 is 10.2 Å². The van der Waals surface area contributed by atoms with Crippen molar-refractivity contribution < 1.29 is 10.2 Å². The van der Waals surface area contributed by atoms with Gasteiger partial charge in [-0.3, -0.25) is 0 Å². The summed E-state index contributed by atoms with van der Waals surface area (Å²) in [4.78, 5) is 0. The Bertz CT molecular complexity index is 789. The number of benzene rings is 2. The van der Waals surface area contributed by atoms with E-state index in [0.717, 1.165) is 36.0 Å². The molecule has 0 aliphatic heterocycles. The van der Waals surface area contributed by atoms with Crippen LogP contribution in [0.2, 0.25) is 0 Å². The number of aromatic hydroxyl groups is 2. The van der Waals surface area contributed by atoms with Crippen molar-refractivity contribution in [1.29, 1.82) is 0 Å². The maximum Gasteiger partial charge on any atom is 0.115 e. The molecular weight excluding hydrogens is 320 g/mol. The van der Waals surface area contributed by atoms with Gasteiger partial charge in [-0.05, 0) is 76.9 Å². The summed E-state index contributed by atoms with van der Waals surface area (Å²) < 4.78 is 0. The van der Waals surface area contributed by atoms with Crippen LogP contribution in [-0.4, -0.2) is 10.2 Å². The normalized spacial score (nSPS) is 14.5. The molecule has 1 fully saturated rings. The lowest BCUT2D eigenvalue weighted by Crippen LogP contribution is -1.94. The van der Waals surface area contributed by atoms with Gasteiger partial charge in [-0.1, -0.05) is 56.7 Å². The summed E-state index contributed by atoms with van der Waals surface area (Å²) in [5.41, 5.74) is 7.14. The number of hydrogen-bond donors (Lipinski definition) is 2. The van der Waals surface area contributed by atoms with E-state index in [1.165, 1.54) is 29.6 Å². The van der Waals surface area contributed by atoms with Crippen LogP contribution in [0.4, 0.5) is 0 Å². The van der Waals surface area contributed by atoms with Crippen molar-refractivity contribution in [1.82, 2.24) is 0 Å². The number of rotatable bonds is 7. The fraction of sp³-hybridized carbons (Fsp3) is 0.250. The van der Waals surface area contributed by atoms with Gasteiger partial charge in [0.1, 0.15) is 11.5 Å². The first kappa shape index (κ1) is 18.1. The minimum atomic E-state index is 0.264. The zero-order valence-electron chi connectivity index (χ0n) is 15.3. The number of phenols is 2. The molecule has 1 aliphatic rings. The number of allylic oxidation sites excluding steroid dienone is 4. The van der Waals surface area contributed by atoms with E-state index in [2.05, 4.69) is 19.6 Å². The monoisotopic (exact) mass is 346 g/mol. The Morgan fingerprint density at radius 3 is 1.85 bits per heavy atom. The highest BCUT2D eigenvalue weighted by Gasteiger charge is 2.20. The van der Waals surface area contributed by atoms with E-state index in [-0.39, 0.29) is 11.5 Å². The summed E-state index contributed by atoms with van der Waals surface area (Å²) in [5.74, 6) is 0.528. The summed E-state index contributed by atoms with van der Waals surface area (Å²) in [7, 11) is 0. The van der Waals surface area contributed by atoms with Crippen molar-refractivity contribution in [2.24, 2.45) is 0 Å². The van der Waals surface area contributed by atoms with Crippen LogP contribution >= 0.6 is 0 Å². The van der Waals surface area contributed by atoms with Crippen LogP contribution in [0.3, 0.4) is 0 Å².